The summed E-state index contributed by atoms with van der Waals surface area (Å²) < 4.78 is 26.7. The highest BCUT2D eigenvalue weighted by molar-refractivity contribution is 7.98. The molecule has 2 heterocycles. The van der Waals surface area contributed by atoms with Crippen molar-refractivity contribution in [1.82, 2.24) is 15.1 Å². The zero-order valence-corrected chi connectivity index (χ0v) is 21.9. The molecule has 0 bridgehead atoms. The quantitative estimate of drug-likeness (QED) is 0.347. The molecule has 198 valence electrons. The lowest BCUT2D eigenvalue weighted by molar-refractivity contribution is -0.121. The fourth-order valence-corrected chi connectivity index (χ4v) is 5.82. The molecule has 6 nitrogen and oxygen atoms in total. The summed E-state index contributed by atoms with van der Waals surface area (Å²) >= 11 is 1.66. The molecule has 1 saturated heterocycles. The molecule has 0 saturated carbocycles. The zero-order chi connectivity index (χ0) is 26.4. The molecule has 2 aliphatic rings. The van der Waals surface area contributed by atoms with Crippen molar-refractivity contribution in [3.8, 4) is 0 Å². The van der Waals surface area contributed by atoms with E-state index in [4.69, 9.17) is 0 Å². The molecule has 37 heavy (non-hydrogen) atoms. The van der Waals surface area contributed by atoms with Crippen molar-refractivity contribution in [3.63, 3.8) is 0 Å². The summed E-state index contributed by atoms with van der Waals surface area (Å²) in [6.07, 6.45) is 1.96. The van der Waals surface area contributed by atoms with Gasteiger partial charge in [-0.15, -0.1) is 11.8 Å². The molecule has 0 radical (unpaired) electrons. The van der Waals surface area contributed by atoms with E-state index in [0.717, 1.165) is 41.0 Å². The van der Waals surface area contributed by atoms with Crippen LogP contribution >= 0.6 is 11.8 Å². The zero-order valence-electron chi connectivity index (χ0n) is 21.1. The van der Waals surface area contributed by atoms with Gasteiger partial charge in [0.1, 0.15) is 6.29 Å². The number of carbonyl (C=O) groups excluding carboxylic acids is 3. The Morgan fingerprint density at radius 1 is 1.14 bits per heavy atom. The van der Waals surface area contributed by atoms with Gasteiger partial charge in [0.25, 0.3) is 11.8 Å². The van der Waals surface area contributed by atoms with E-state index in [1.807, 2.05) is 12.1 Å². The van der Waals surface area contributed by atoms with E-state index in [1.54, 1.807) is 29.8 Å². The number of piperidine rings is 1. The van der Waals surface area contributed by atoms with Crippen LogP contribution in [0.25, 0.3) is 0 Å². The van der Waals surface area contributed by atoms with E-state index in [0.29, 0.717) is 31.6 Å². The number of likely N-dealkylation sites (tertiary alicyclic amines) is 1. The monoisotopic (exact) mass is 529 g/mol. The van der Waals surface area contributed by atoms with E-state index in [-0.39, 0.29) is 31.1 Å². The number of fused-ring (bicyclic) bond motifs is 1. The van der Waals surface area contributed by atoms with Gasteiger partial charge in [0.2, 0.25) is 5.91 Å². The molecule has 2 aliphatic heterocycles. The van der Waals surface area contributed by atoms with Gasteiger partial charge in [-0.2, -0.15) is 0 Å². The summed E-state index contributed by atoms with van der Waals surface area (Å²) in [5.74, 6) is -2.11. The van der Waals surface area contributed by atoms with Gasteiger partial charge in [0, 0.05) is 68.7 Å². The Balaban J connectivity index is 1.31. The number of alkyl halides is 2. The molecule has 2 aromatic carbocycles. The molecule has 1 N–H and O–H groups in total. The predicted octanol–water partition coefficient (Wildman–Crippen LogP) is 4.30. The fourth-order valence-electron chi connectivity index (χ4n) is 4.78. The van der Waals surface area contributed by atoms with Crippen LogP contribution in [0.4, 0.5) is 8.78 Å². The van der Waals surface area contributed by atoms with Crippen LogP contribution in [0.2, 0.25) is 0 Å². The second-order valence-electron chi connectivity index (χ2n) is 9.68. The lowest BCUT2D eigenvalue weighted by Crippen LogP contribution is -2.40. The highest BCUT2D eigenvalue weighted by Crippen LogP contribution is 2.35. The Hall–Kier alpha value is -2.78. The second-order valence-corrected chi connectivity index (χ2v) is 10.7. The van der Waals surface area contributed by atoms with Gasteiger partial charge in [0.05, 0.1) is 6.04 Å². The van der Waals surface area contributed by atoms with Gasteiger partial charge >= 0.3 is 0 Å². The second kappa shape index (κ2) is 12.2. The fraction of sp³-hybridized carbons (Fsp3) is 0.464. The van der Waals surface area contributed by atoms with E-state index in [9.17, 15) is 23.2 Å². The van der Waals surface area contributed by atoms with Gasteiger partial charge in [-0.25, -0.2) is 8.78 Å². The first kappa shape index (κ1) is 27.3. The van der Waals surface area contributed by atoms with Crippen LogP contribution in [0.1, 0.15) is 52.7 Å². The van der Waals surface area contributed by atoms with Crippen molar-refractivity contribution in [2.24, 2.45) is 0 Å². The Morgan fingerprint density at radius 3 is 2.51 bits per heavy atom. The Bertz CT molecular complexity index is 1120. The average Bonchev–Trinajstić information content (AvgIpc) is 3.24. The number of thioether (sulfide) groups is 1. The summed E-state index contributed by atoms with van der Waals surface area (Å²) in [5.41, 5.74) is 3.88. The largest absolute Gasteiger partial charge is 0.359 e. The first-order chi connectivity index (χ1) is 17.8. The maximum absolute atomic E-state index is 13.3. The van der Waals surface area contributed by atoms with E-state index >= 15 is 0 Å². The first-order valence-electron chi connectivity index (χ1n) is 12.7. The number of halogens is 2. The minimum atomic E-state index is -2.51. The average molecular weight is 530 g/mol. The van der Waals surface area contributed by atoms with E-state index in [1.165, 1.54) is 5.56 Å². The highest BCUT2D eigenvalue weighted by Gasteiger charge is 2.35. The van der Waals surface area contributed by atoms with Gasteiger partial charge in [0.15, 0.2) is 0 Å². The van der Waals surface area contributed by atoms with Crippen LogP contribution in [-0.4, -0.2) is 66.5 Å². The Morgan fingerprint density at radius 2 is 1.84 bits per heavy atom. The third kappa shape index (κ3) is 6.96. The number of amides is 2. The number of carbonyl (C=O) groups is 3. The Labute approximate surface area is 220 Å². The minimum absolute atomic E-state index is 0.0540. The molecule has 4 rings (SSSR count). The number of rotatable bonds is 11. The number of hydrogen-bond acceptors (Lipinski definition) is 5. The van der Waals surface area contributed by atoms with Crippen molar-refractivity contribution in [3.05, 3.63) is 64.7 Å². The lowest BCUT2D eigenvalue weighted by Gasteiger charge is -2.31. The van der Waals surface area contributed by atoms with Crippen LogP contribution in [0, 0.1) is 0 Å². The molecule has 2 amide bonds. The van der Waals surface area contributed by atoms with Crippen molar-refractivity contribution >= 4 is 29.9 Å². The number of aldehydes is 1. The topological polar surface area (TPSA) is 69.7 Å². The number of hydrogen-bond donors (Lipinski definition) is 1. The molecule has 9 heteroatoms. The molecular formula is C28H33F2N3O3S. The van der Waals surface area contributed by atoms with Crippen molar-refractivity contribution in [2.45, 2.75) is 61.3 Å². The van der Waals surface area contributed by atoms with Crippen LogP contribution in [0.3, 0.4) is 0 Å². The minimum Gasteiger partial charge on any atom is -0.359 e. The summed E-state index contributed by atoms with van der Waals surface area (Å²) in [6.45, 7) is 2.04. The van der Waals surface area contributed by atoms with Gasteiger partial charge in [-0.3, -0.25) is 9.59 Å². The van der Waals surface area contributed by atoms with Crippen LogP contribution in [0.15, 0.2) is 47.4 Å². The molecule has 0 aromatic heterocycles. The molecular weight excluding hydrogens is 496 g/mol. The smallest absolute Gasteiger partial charge is 0.255 e. The predicted molar refractivity (Wildman–Crippen MR) is 140 cm³/mol. The van der Waals surface area contributed by atoms with Crippen molar-refractivity contribution < 1.29 is 23.2 Å². The first-order valence-corrected chi connectivity index (χ1v) is 13.7. The maximum atomic E-state index is 13.3. The van der Waals surface area contributed by atoms with E-state index in [2.05, 4.69) is 34.5 Å². The highest BCUT2D eigenvalue weighted by atomic mass is 32.2. The normalized spacial score (nSPS) is 17.9. The van der Waals surface area contributed by atoms with Gasteiger partial charge < -0.3 is 19.9 Å². The summed E-state index contributed by atoms with van der Waals surface area (Å²) in [4.78, 5) is 41.0. The molecule has 1 fully saturated rings. The number of nitrogens with zero attached hydrogens (tertiary/aromatic N) is 2. The standard InChI is InChI=1S/C28H33F2N3O3S/c1-31-26(35)10-9-22(18-34)33-17-24-23(27(33)36)3-2-4-25(24)37-19-21-7-5-20(6-8-21)11-14-32-15-12-28(29,30)13-16-32/h2-8,18,22H,9-17,19H2,1H3,(H,31,35). The lowest BCUT2D eigenvalue weighted by atomic mass is 10.1. The molecule has 0 spiro atoms. The maximum Gasteiger partial charge on any atom is 0.255 e. The third-order valence-corrected chi connectivity index (χ3v) is 8.35. The van der Waals surface area contributed by atoms with Crippen LogP contribution in [-0.2, 0) is 28.3 Å². The summed E-state index contributed by atoms with van der Waals surface area (Å²) in [5, 5.41) is 2.54. The molecule has 1 atom stereocenters. The Kier molecular flexibility index (Phi) is 8.97. The SMILES string of the molecule is CNC(=O)CCC(C=O)N1Cc2c(SCc3ccc(CCN4CCC(F)(F)CC4)cc3)cccc2C1=O. The van der Waals surface area contributed by atoms with Gasteiger partial charge in [-0.05, 0) is 41.7 Å². The number of nitrogens with one attached hydrogen (secondary N) is 1. The third-order valence-electron chi connectivity index (χ3n) is 7.18. The molecule has 1 unspecified atom stereocenters. The van der Waals surface area contributed by atoms with Gasteiger partial charge in [-0.1, -0.05) is 30.3 Å². The summed E-state index contributed by atoms with van der Waals surface area (Å²) in [7, 11) is 1.55. The molecule has 2 aromatic rings. The molecule has 0 aliphatic carbocycles. The number of benzene rings is 2. The van der Waals surface area contributed by atoms with Crippen molar-refractivity contribution in [1.29, 1.82) is 0 Å². The van der Waals surface area contributed by atoms with Crippen LogP contribution in [0.5, 0.6) is 0 Å². The van der Waals surface area contributed by atoms with Crippen molar-refractivity contribution in [2.75, 3.05) is 26.7 Å². The summed E-state index contributed by atoms with van der Waals surface area (Å²) in [6, 6.07) is 13.4. The van der Waals surface area contributed by atoms with E-state index < -0.39 is 12.0 Å². The van der Waals surface area contributed by atoms with Crippen LogP contribution < -0.4 is 5.32 Å².